The van der Waals surface area contributed by atoms with Gasteiger partial charge in [-0.1, -0.05) is 6.92 Å². The second kappa shape index (κ2) is 5.68. The Bertz CT molecular complexity index is 244. The lowest BCUT2D eigenvalue weighted by Gasteiger charge is -2.45. The summed E-state index contributed by atoms with van der Waals surface area (Å²) >= 11 is 0. The lowest BCUT2D eigenvalue weighted by molar-refractivity contribution is -0.0320. The first kappa shape index (κ1) is 13.3. The third-order valence-electron chi connectivity index (χ3n) is 4.66. The smallest absolute Gasteiger partial charge is 0.0702 e. The highest BCUT2D eigenvalue weighted by atomic mass is 16.5. The molecule has 3 unspecified atom stereocenters. The molecular formula is C14H28N2O. The van der Waals surface area contributed by atoms with Crippen molar-refractivity contribution in [3.05, 3.63) is 0 Å². The lowest BCUT2D eigenvalue weighted by atomic mass is 9.91. The Morgan fingerprint density at radius 3 is 2.82 bits per heavy atom. The standard InChI is InChI=1S/C14H28N2O/c1-3-17-13-5-4-8-16(10-13)14(11-15)7-6-12(2)9-14/h12-13H,3-11,15H2,1-2H3. The molecule has 0 amide bonds. The zero-order valence-electron chi connectivity index (χ0n) is 11.5. The summed E-state index contributed by atoms with van der Waals surface area (Å²) in [5.41, 5.74) is 6.39. The van der Waals surface area contributed by atoms with E-state index in [2.05, 4.69) is 18.7 Å². The molecule has 1 aliphatic heterocycles. The van der Waals surface area contributed by atoms with Gasteiger partial charge in [-0.05, 0) is 51.5 Å². The van der Waals surface area contributed by atoms with Crippen LogP contribution in [0.5, 0.6) is 0 Å². The minimum absolute atomic E-state index is 0.287. The van der Waals surface area contributed by atoms with Crippen molar-refractivity contribution in [3.8, 4) is 0 Å². The van der Waals surface area contributed by atoms with Crippen LogP contribution in [0.2, 0.25) is 0 Å². The number of hydrogen-bond donors (Lipinski definition) is 1. The van der Waals surface area contributed by atoms with Crippen molar-refractivity contribution in [1.82, 2.24) is 4.90 Å². The zero-order valence-corrected chi connectivity index (χ0v) is 11.5. The van der Waals surface area contributed by atoms with Crippen molar-refractivity contribution >= 4 is 0 Å². The van der Waals surface area contributed by atoms with Crippen LogP contribution in [0.25, 0.3) is 0 Å². The van der Waals surface area contributed by atoms with Gasteiger partial charge in [0.1, 0.15) is 0 Å². The van der Waals surface area contributed by atoms with Crippen molar-refractivity contribution in [1.29, 1.82) is 0 Å². The second-order valence-electron chi connectivity index (χ2n) is 5.94. The Morgan fingerprint density at radius 1 is 1.41 bits per heavy atom. The van der Waals surface area contributed by atoms with E-state index >= 15 is 0 Å². The van der Waals surface area contributed by atoms with E-state index in [1.807, 2.05) is 0 Å². The van der Waals surface area contributed by atoms with Crippen LogP contribution in [0.1, 0.15) is 46.0 Å². The maximum Gasteiger partial charge on any atom is 0.0702 e. The van der Waals surface area contributed by atoms with Crippen LogP contribution in [0.3, 0.4) is 0 Å². The largest absolute Gasteiger partial charge is 0.377 e. The molecular weight excluding hydrogens is 212 g/mol. The summed E-state index contributed by atoms with van der Waals surface area (Å²) in [5.74, 6) is 0.839. The van der Waals surface area contributed by atoms with Crippen LogP contribution in [-0.4, -0.2) is 42.8 Å². The fourth-order valence-corrected chi connectivity index (χ4v) is 3.71. The molecule has 1 aliphatic carbocycles. The first-order chi connectivity index (χ1) is 8.20. The van der Waals surface area contributed by atoms with Crippen molar-refractivity contribution in [2.24, 2.45) is 11.7 Å². The van der Waals surface area contributed by atoms with Gasteiger partial charge in [-0.25, -0.2) is 0 Å². The molecule has 3 atom stereocenters. The monoisotopic (exact) mass is 240 g/mol. The minimum Gasteiger partial charge on any atom is -0.377 e. The fraction of sp³-hybridized carbons (Fsp3) is 1.00. The fourth-order valence-electron chi connectivity index (χ4n) is 3.71. The summed E-state index contributed by atoms with van der Waals surface area (Å²) in [7, 11) is 0. The van der Waals surface area contributed by atoms with Gasteiger partial charge < -0.3 is 10.5 Å². The molecule has 3 nitrogen and oxygen atoms in total. The Labute approximate surface area is 106 Å². The van der Waals surface area contributed by atoms with E-state index in [0.717, 1.165) is 25.6 Å². The Hall–Kier alpha value is -0.120. The van der Waals surface area contributed by atoms with Gasteiger partial charge in [-0.2, -0.15) is 0 Å². The van der Waals surface area contributed by atoms with E-state index in [1.54, 1.807) is 0 Å². The first-order valence-electron chi connectivity index (χ1n) is 7.27. The molecule has 2 fully saturated rings. The van der Waals surface area contributed by atoms with Gasteiger partial charge in [0.15, 0.2) is 0 Å². The Kier molecular flexibility index (Phi) is 4.45. The highest BCUT2D eigenvalue weighted by Crippen LogP contribution is 2.39. The topological polar surface area (TPSA) is 38.5 Å². The Balaban J connectivity index is 1.99. The van der Waals surface area contributed by atoms with Gasteiger partial charge in [0.2, 0.25) is 0 Å². The molecule has 0 radical (unpaired) electrons. The number of piperidine rings is 1. The summed E-state index contributed by atoms with van der Waals surface area (Å²) in [5, 5.41) is 0. The molecule has 0 spiro atoms. The SMILES string of the molecule is CCOC1CCCN(C2(CN)CCC(C)C2)C1. The van der Waals surface area contributed by atoms with E-state index < -0.39 is 0 Å². The molecule has 2 N–H and O–H groups in total. The van der Waals surface area contributed by atoms with E-state index in [4.69, 9.17) is 10.5 Å². The third-order valence-corrected chi connectivity index (χ3v) is 4.66. The van der Waals surface area contributed by atoms with Crippen molar-refractivity contribution in [2.75, 3.05) is 26.2 Å². The van der Waals surface area contributed by atoms with Gasteiger partial charge >= 0.3 is 0 Å². The summed E-state index contributed by atoms with van der Waals surface area (Å²) in [6, 6.07) is 0. The van der Waals surface area contributed by atoms with Crippen molar-refractivity contribution < 1.29 is 4.74 Å². The predicted molar refractivity (Wildman–Crippen MR) is 71.0 cm³/mol. The molecule has 1 saturated carbocycles. The Morgan fingerprint density at radius 2 is 2.24 bits per heavy atom. The van der Waals surface area contributed by atoms with Crippen molar-refractivity contribution in [3.63, 3.8) is 0 Å². The van der Waals surface area contributed by atoms with Gasteiger partial charge in [-0.15, -0.1) is 0 Å². The van der Waals surface area contributed by atoms with E-state index in [9.17, 15) is 0 Å². The van der Waals surface area contributed by atoms with Crippen LogP contribution in [-0.2, 0) is 4.74 Å². The van der Waals surface area contributed by atoms with Crippen LogP contribution in [0.15, 0.2) is 0 Å². The van der Waals surface area contributed by atoms with E-state index in [1.165, 1.54) is 38.6 Å². The van der Waals surface area contributed by atoms with Crippen molar-refractivity contribution in [2.45, 2.75) is 57.6 Å². The van der Waals surface area contributed by atoms with Gasteiger partial charge in [0.05, 0.1) is 6.10 Å². The van der Waals surface area contributed by atoms with Crippen LogP contribution in [0, 0.1) is 5.92 Å². The molecule has 2 rings (SSSR count). The van der Waals surface area contributed by atoms with Crippen LogP contribution >= 0.6 is 0 Å². The average Bonchev–Trinajstić information content (AvgIpc) is 2.73. The van der Waals surface area contributed by atoms with E-state index in [-0.39, 0.29) is 5.54 Å². The normalized spacial score (nSPS) is 39.7. The van der Waals surface area contributed by atoms with Crippen LogP contribution < -0.4 is 5.73 Å². The minimum atomic E-state index is 0.287. The van der Waals surface area contributed by atoms with Gasteiger partial charge in [0, 0.05) is 25.2 Å². The maximum absolute atomic E-state index is 6.10. The second-order valence-corrected chi connectivity index (χ2v) is 5.94. The number of hydrogen-bond acceptors (Lipinski definition) is 3. The number of rotatable bonds is 4. The summed E-state index contributed by atoms with van der Waals surface area (Å²) in [6.45, 7) is 8.42. The number of ether oxygens (including phenoxy) is 1. The van der Waals surface area contributed by atoms with Gasteiger partial charge in [0.25, 0.3) is 0 Å². The predicted octanol–water partition coefficient (Wildman–Crippen LogP) is 2.00. The zero-order chi connectivity index (χ0) is 12.3. The number of nitrogens with zero attached hydrogens (tertiary/aromatic N) is 1. The molecule has 17 heavy (non-hydrogen) atoms. The average molecular weight is 240 g/mol. The molecule has 0 bridgehead atoms. The van der Waals surface area contributed by atoms with Gasteiger partial charge in [-0.3, -0.25) is 4.90 Å². The highest BCUT2D eigenvalue weighted by Gasteiger charge is 2.42. The highest BCUT2D eigenvalue weighted by molar-refractivity contribution is 4.99. The van der Waals surface area contributed by atoms with Crippen LogP contribution in [0.4, 0.5) is 0 Å². The summed E-state index contributed by atoms with van der Waals surface area (Å²) in [4.78, 5) is 2.64. The molecule has 2 aliphatic rings. The first-order valence-corrected chi connectivity index (χ1v) is 7.27. The molecule has 0 aromatic rings. The molecule has 3 heteroatoms. The summed E-state index contributed by atoms with van der Waals surface area (Å²) < 4.78 is 5.81. The molecule has 100 valence electrons. The summed E-state index contributed by atoms with van der Waals surface area (Å²) in [6.07, 6.45) is 6.83. The molecule has 1 heterocycles. The molecule has 0 aromatic heterocycles. The third kappa shape index (κ3) is 2.83. The quantitative estimate of drug-likeness (QED) is 0.817. The number of nitrogens with two attached hydrogens (primary N) is 1. The molecule has 1 saturated heterocycles. The lowest BCUT2D eigenvalue weighted by Crippen LogP contribution is -2.56. The number of likely N-dealkylation sites (tertiary alicyclic amines) is 1. The van der Waals surface area contributed by atoms with E-state index in [0.29, 0.717) is 6.10 Å². The molecule has 0 aromatic carbocycles. The maximum atomic E-state index is 6.10.